The highest BCUT2D eigenvalue weighted by Gasteiger charge is 2.13. The van der Waals surface area contributed by atoms with Gasteiger partial charge in [0.25, 0.3) is 0 Å². The van der Waals surface area contributed by atoms with E-state index in [4.69, 9.17) is 0 Å². The van der Waals surface area contributed by atoms with Crippen LogP contribution in [0.5, 0.6) is 0 Å². The van der Waals surface area contributed by atoms with Crippen molar-refractivity contribution in [3.8, 4) is 0 Å². The molecule has 0 bridgehead atoms. The highest BCUT2D eigenvalue weighted by Crippen LogP contribution is 2.17. The van der Waals surface area contributed by atoms with E-state index in [-0.39, 0.29) is 0 Å². The average Bonchev–Trinajstić information content (AvgIpc) is 2.65. The topological polar surface area (TPSA) is 15.3 Å². The fourth-order valence-electron chi connectivity index (χ4n) is 3.09. The molecule has 1 saturated carbocycles. The van der Waals surface area contributed by atoms with E-state index in [1.807, 2.05) is 0 Å². The van der Waals surface area contributed by atoms with Gasteiger partial charge in [-0.05, 0) is 39.7 Å². The van der Waals surface area contributed by atoms with Crippen LogP contribution in [0.1, 0.15) is 78.6 Å². The minimum atomic E-state index is 0.688. The summed E-state index contributed by atoms with van der Waals surface area (Å²) in [5, 5.41) is 3.80. The molecule has 1 N–H and O–H groups in total. The van der Waals surface area contributed by atoms with Crippen molar-refractivity contribution in [3.05, 3.63) is 0 Å². The van der Waals surface area contributed by atoms with E-state index in [1.54, 1.807) is 0 Å². The summed E-state index contributed by atoms with van der Waals surface area (Å²) in [7, 11) is 0. The summed E-state index contributed by atoms with van der Waals surface area (Å²) in [6, 6.07) is 1.49. The van der Waals surface area contributed by atoms with E-state index in [9.17, 15) is 0 Å². The Kier molecular flexibility index (Phi) is 9.54. The zero-order valence-corrected chi connectivity index (χ0v) is 13.6. The lowest BCUT2D eigenvalue weighted by Crippen LogP contribution is -2.40. The predicted molar refractivity (Wildman–Crippen MR) is 85.7 cm³/mol. The van der Waals surface area contributed by atoms with E-state index in [0.717, 1.165) is 6.04 Å². The third kappa shape index (κ3) is 7.94. The molecule has 0 aliphatic heterocycles. The highest BCUT2D eigenvalue weighted by molar-refractivity contribution is 4.72. The molecule has 0 spiro atoms. The summed E-state index contributed by atoms with van der Waals surface area (Å²) in [5.41, 5.74) is 0. The molecule has 0 amide bonds. The molecule has 2 nitrogen and oxygen atoms in total. The van der Waals surface area contributed by atoms with Crippen LogP contribution in [0.2, 0.25) is 0 Å². The molecule has 0 heterocycles. The molecule has 0 aromatic heterocycles. The molecule has 19 heavy (non-hydrogen) atoms. The fourth-order valence-corrected chi connectivity index (χ4v) is 3.09. The third-order valence-electron chi connectivity index (χ3n) is 4.47. The van der Waals surface area contributed by atoms with Crippen LogP contribution >= 0.6 is 0 Å². The maximum Gasteiger partial charge on any atom is 0.0110 e. The van der Waals surface area contributed by atoms with Crippen LogP contribution in [0.4, 0.5) is 0 Å². The largest absolute Gasteiger partial charge is 0.313 e. The van der Waals surface area contributed by atoms with Gasteiger partial charge in [-0.15, -0.1) is 0 Å². The van der Waals surface area contributed by atoms with Crippen molar-refractivity contribution in [2.75, 3.05) is 19.6 Å². The van der Waals surface area contributed by atoms with Gasteiger partial charge in [-0.3, -0.25) is 4.90 Å². The lowest BCUT2D eigenvalue weighted by molar-refractivity contribution is 0.213. The summed E-state index contributed by atoms with van der Waals surface area (Å²) < 4.78 is 0. The van der Waals surface area contributed by atoms with Crippen LogP contribution in [0.15, 0.2) is 0 Å². The fraction of sp³-hybridized carbons (Fsp3) is 1.00. The third-order valence-corrected chi connectivity index (χ3v) is 4.47. The van der Waals surface area contributed by atoms with Crippen LogP contribution in [-0.2, 0) is 0 Å². The summed E-state index contributed by atoms with van der Waals surface area (Å²) in [6.07, 6.45) is 12.6. The number of hydrogen-bond acceptors (Lipinski definition) is 2. The van der Waals surface area contributed by atoms with Crippen LogP contribution in [0, 0.1) is 0 Å². The van der Waals surface area contributed by atoms with Gasteiger partial charge in [-0.25, -0.2) is 0 Å². The first kappa shape index (κ1) is 17.0. The predicted octanol–water partition coefficient (Wildman–Crippen LogP) is 4.20. The van der Waals surface area contributed by atoms with Crippen LogP contribution in [-0.4, -0.2) is 36.6 Å². The minimum Gasteiger partial charge on any atom is -0.313 e. The second kappa shape index (κ2) is 10.7. The van der Waals surface area contributed by atoms with Gasteiger partial charge in [-0.2, -0.15) is 0 Å². The first-order chi connectivity index (χ1) is 9.24. The molecule has 1 aliphatic carbocycles. The van der Waals surface area contributed by atoms with Gasteiger partial charge in [0, 0.05) is 25.2 Å². The molecule has 0 aromatic carbocycles. The number of rotatable bonds is 9. The van der Waals surface area contributed by atoms with Gasteiger partial charge in [-0.1, -0.05) is 45.4 Å². The lowest BCUT2D eigenvalue weighted by Gasteiger charge is -2.27. The zero-order valence-electron chi connectivity index (χ0n) is 13.6. The second-order valence-corrected chi connectivity index (χ2v) is 6.48. The Balaban J connectivity index is 2.15. The van der Waals surface area contributed by atoms with Crippen molar-refractivity contribution in [1.82, 2.24) is 10.2 Å². The molecule has 114 valence electrons. The summed E-state index contributed by atoms with van der Waals surface area (Å²) in [5.74, 6) is 0. The first-order valence-corrected chi connectivity index (χ1v) is 8.71. The van der Waals surface area contributed by atoms with Crippen LogP contribution < -0.4 is 5.32 Å². The maximum atomic E-state index is 3.80. The summed E-state index contributed by atoms with van der Waals surface area (Å²) in [6.45, 7) is 10.6. The van der Waals surface area contributed by atoms with Gasteiger partial charge < -0.3 is 5.32 Å². The molecule has 0 radical (unpaired) electrons. The van der Waals surface area contributed by atoms with E-state index in [2.05, 4.69) is 31.0 Å². The summed E-state index contributed by atoms with van der Waals surface area (Å²) >= 11 is 0. The Morgan fingerprint density at radius 3 is 2.26 bits per heavy atom. The van der Waals surface area contributed by atoms with Crippen molar-refractivity contribution in [2.24, 2.45) is 0 Å². The second-order valence-electron chi connectivity index (χ2n) is 6.48. The Bertz CT molecular complexity index is 195. The van der Waals surface area contributed by atoms with Gasteiger partial charge in [0.1, 0.15) is 0 Å². The van der Waals surface area contributed by atoms with Crippen molar-refractivity contribution in [1.29, 1.82) is 0 Å². The van der Waals surface area contributed by atoms with Gasteiger partial charge in [0.15, 0.2) is 0 Å². The van der Waals surface area contributed by atoms with Crippen molar-refractivity contribution in [3.63, 3.8) is 0 Å². The number of nitrogens with one attached hydrogen (secondary N) is 1. The van der Waals surface area contributed by atoms with Gasteiger partial charge in [0.2, 0.25) is 0 Å². The molecular formula is C17H36N2. The number of hydrogen-bond donors (Lipinski definition) is 1. The van der Waals surface area contributed by atoms with E-state index in [1.165, 1.54) is 77.4 Å². The van der Waals surface area contributed by atoms with Gasteiger partial charge >= 0.3 is 0 Å². The molecular weight excluding hydrogens is 232 g/mol. The Morgan fingerprint density at radius 1 is 1.00 bits per heavy atom. The summed E-state index contributed by atoms with van der Waals surface area (Å²) in [4.78, 5) is 2.64. The van der Waals surface area contributed by atoms with Crippen molar-refractivity contribution in [2.45, 2.75) is 90.6 Å². The Labute approximate surface area is 121 Å². The quantitative estimate of drug-likeness (QED) is 0.498. The van der Waals surface area contributed by atoms with Crippen LogP contribution in [0.3, 0.4) is 0 Å². The normalized spacial score (nSPS) is 18.2. The average molecular weight is 268 g/mol. The smallest absolute Gasteiger partial charge is 0.0110 e. The first-order valence-electron chi connectivity index (χ1n) is 8.71. The minimum absolute atomic E-state index is 0.688. The molecule has 0 atom stereocenters. The number of nitrogens with zero attached hydrogens (tertiary/aromatic N) is 1. The zero-order chi connectivity index (χ0) is 13.9. The molecule has 1 rings (SSSR count). The molecule has 1 aliphatic rings. The SMILES string of the molecule is CCCCCN(CCNC1CCCCCC1)C(C)C. The molecule has 1 fully saturated rings. The maximum absolute atomic E-state index is 3.80. The van der Waals surface area contributed by atoms with Crippen LogP contribution in [0.25, 0.3) is 0 Å². The standard InChI is InChI=1S/C17H36N2/c1-4-5-10-14-19(16(2)3)15-13-18-17-11-8-6-7-9-12-17/h16-18H,4-15H2,1-3H3. The highest BCUT2D eigenvalue weighted by atomic mass is 15.2. The lowest BCUT2D eigenvalue weighted by atomic mass is 10.1. The van der Waals surface area contributed by atoms with Gasteiger partial charge in [0.05, 0.1) is 0 Å². The Morgan fingerprint density at radius 2 is 1.68 bits per heavy atom. The van der Waals surface area contributed by atoms with E-state index < -0.39 is 0 Å². The molecule has 2 heteroatoms. The van der Waals surface area contributed by atoms with E-state index >= 15 is 0 Å². The number of unbranched alkanes of at least 4 members (excludes halogenated alkanes) is 2. The molecule has 0 saturated heterocycles. The van der Waals surface area contributed by atoms with E-state index in [0.29, 0.717) is 6.04 Å². The van der Waals surface area contributed by atoms with Crippen molar-refractivity contribution < 1.29 is 0 Å². The monoisotopic (exact) mass is 268 g/mol. The molecule has 0 unspecified atom stereocenters. The molecule has 0 aromatic rings. The van der Waals surface area contributed by atoms with Crippen molar-refractivity contribution >= 4 is 0 Å². The Hall–Kier alpha value is -0.0800.